The minimum absolute atomic E-state index is 0.00921. The van der Waals surface area contributed by atoms with E-state index in [1.807, 2.05) is 54.6 Å². The first-order chi connectivity index (χ1) is 17.5. The van der Waals surface area contributed by atoms with Crippen LogP contribution in [0.5, 0.6) is 0 Å². The van der Waals surface area contributed by atoms with Crippen LogP contribution in [0.15, 0.2) is 60.9 Å². The first-order valence-corrected chi connectivity index (χ1v) is 11.0. The van der Waals surface area contributed by atoms with E-state index in [4.69, 9.17) is 14.6 Å². The van der Waals surface area contributed by atoms with E-state index in [0.717, 1.165) is 16.7 Å². The second-order valence-corrected chi connectivity index (χ2v) is 7.57. The van der Waals surface area contributed by atoms with Crippen LogP contribution in [-0.2, 0) is 20.7 Å². The number of aliphatic hydroxyl groups excluding tert-OH is 1. The summed E-state index contributed by atoms with van der Waals surface area (Å²) < 4.78 is 36.6. The second kappa shape index (κ2) is 13.7. The number of ether oxygens (including phenoxy) is 1. The third-order valence-corrected chi connectivity index (χ3v) is 4.81. The van der Waals surface area contributed by atoms with Gasteiger partial charge in [-0.2, -0.15) is 13.2 Å². The van der Waals surface area contributed by atoms with E-state index in [0.29, 0.717) is 6.42 Å². The number of H-pyrrole nitrogens is 1. The summed E-state index contributed by atoms with van der Waals surface area (Å²) in [7, 11) is 0. The highest BCUT2D eigenvalue weighted by molar-refractivity contribution is 5.90. The summed E-state index contributed by atoms with van der Waals surface area (Å²) in [5, 5.41) is 26.3. The minimum Gasteiger partial charge on any atom is -0.475 e. The van der Waals surface area contributed by atoms with Gasteiger partial charge in [-0.25, -0.2) is 14.6 Å². The molecule has 0 aliphatic rings. The molecule has 0 bridgehead atoms. The molecular weight excluding hydrogens is 497 g/mol. The van der Waals surface area contributed by atoms with Gasteiger partial charge in [0.15, 0.2) is 6.10 Å². The van der Waals surface area contributed by atoms with E-state index in [9.17, 15) is 27.9 Å². The summed E-state index contributed by atoms with van der Waals surface area (Å²) in [5.74, 6) is -3.97. The lowest BCUT2D eigenvalue weighted by Crippen LogP contribution is -2.41. The number of benzene rings is 2. The molecule has 0 fully saturated rings. The third-order valence-electron chi connectivity index (χ3n) is 4.81. The highest BCUT2D eigenvalue weighted by Crippen LogP contribution is 2.20. The van der Waals surface area contributed by atoms with Crippen LogP contribution in [0.25, 0.3) is 11.1 Å². The molecule has 0 saturated carbocycles. The number of aromatic amines is 1. The Morgan fingerprint density at radius 1 is 1.05 bits per heavy atom. The standard InChI is InChI=1S/C22H24N4O4.C2HF3O2/c1-2-30-22(29)19(27)13-18(25-21(28)20-23-14-24-26-20)12-15-8-10-17(11-9-15)16-6-4-3-5-7-16;3-2(4,5)1(6)7/h3-11,14,18-19,27H,2,12-13H2,1H3,(H,25,28)(H,23,24,26);(H,6,7)/t18?,19-;/m1./s1. The van der Waals surface area contributed by atoms with Gasteiger partial charge in [-0.05, 0) is 30.0 Å². The maximum absolute atomic E-state index is 12.4. The molecule has 37 heavy (non-hydrogen) atoms. The van der Waals surface area contributed by atoms with Gasteiger partial charge in [0.05, 0.1) is 6.61 Å². The Morgan fingerprint density at radius 3 is 2.16 bits per heavy atom. The molecule has 0 spiro atoms. The minimum atomic E-state index is -5.08. The summed E-state index contributed by atoms with van der Waals surface area (Å²) in [5.41, 5.74) is 3.13. The molecule has 0 aliphatic carbocycles. The van der Waals surface area contributed by atoms with Crippen molar-refractivity contribution in [3.63, 3.8) is 0 Å². The monoisotopic (exact) mass is 522 g/mol. The topological polar surface area (TPSA) is 154 Å². The zero-order chi connectivity index (χ0) is 27.4. The number of halogens is 3. The fraction of sp³-hybridized carbons (Fsp3) is 0.292. The molecule has 2 atom stereocenters. The molecule has 2 aromatic carbocycles. The summed E-state index contributed by atoms with van der Waals surface area (Å²) >= 11 is 0. The Bertz CT molecular complexity index is 1140. The highest BCUT2D eigenvalue weighted by Gasteiger charge is 2.38. The number of carboxylic acid groups (broad SMARTS) is 1. The number of carbonyl (C=O) groups excluding carboxylic acids is 2. The molecule has 1 heterocycles. The van der Waals surface area contributed by atoms with Crippen LogP contribution in [0, 0.1) is 0 Å². The average molecular weight is 522 g/mol. The molecule has 3 rings (SSSR count). The van der Waals surface area contributed by atoms with Gasteiger partial charge >= 0.3 is 18.1 Å². The van der Waals surface area contributed by atoms with Crippen LogP contribution < -0.4 is 5.32 Å². The second-order valence-electron chi connectivity index (χ2n) is 7.57. The Kier molecular flexibility index (Phi) is 10.8. The molecule has 1 amide bonds. The van der Waals surface area contributed by atoms with Crippen molar-refractivity contribution in [3.8, 4) is 11.1 Å². The molecule has 0 radical (unpaired) electrons. The van der Waals surface area contributed by atoms with Crippen molar-refractivity contribution in [2.45, 2.75) is 38.1 Å². The van der Waals surface area contributed by atoms with Gasteiger partial charge in [-0.3, -0.25) is 9.89 Å². The molecule has 0 saturated heterocycles. The maximum atomic E-state index is 12.4. The van der Waals surface area contributed by atoms with Crippen LogP contribution >= 0.6 is 0 Å². The number of nitrogens with zero attached hydrogens (tertiary/aromatic N) is 2. The van der Waals surface area contributed by atoms with E-state index in [-0.39, 0.29) is 18.9 Å². The number of rotatable bonds is 9. The van der Waals surface area contributed by atoms with Crippen molar-refractivity contribution in [2.75, 3.05) is 6.61 Å². The Labute approximate surface area is 209 Å². The SMILES string of the molecule is CCOC(=O)[C@H](O)CC(Cc1ccc(-c2ccccc2)cc1)NC(=O)c1nc[nH]n1.O=C(O)C(F)(F)F. The number of esters is 1. The van der Waals surface area contributed by atoms with Gasteiger partial charge in [-0.15, -0.1) is 5.10 Å². The van der Waals surface area contributed by atoms with Crippen LogP contribution in [-0.4, -0.2) is 68.2 Å². The van der Waals surface area contributed by atoms with Gasteiger partial charge in [0.2, 0.25) is 5.82 Å². The molecule has 198 valence electrons. The van der Waals surface area contributed by atoms with E-state index in [1.165, 1.54) is 6.33 Å². The molecule has 13 heteroatoms. The van der Waals surface area contributed by atoms with Crippen LogP contribution in [0.1, 0.15) is 29.5 Å². The molecule has 1 unspecified atom stereocenters. The summed E-state index contributed by atoms with van der Waals surface area (Å²) in [6.45, 7) is 1.84. The first kappa shape index (κ1) is 29.0. The number of nitrogens with one attached hydrogen (secondary N) is 2. The largest absolute Gasteiger partial charge is 0.490 e. The molecule has 4 N–H and O–H groups in total. The predicted molar refractivity (Wildman–Crippen MR) is 124 cm³/mol. The quantitative estimate of drug-likeness (QED) is 0.313. The number of carbonyl (C=O) groups is 3. The highest BCUT2D eigenvalue weighted by atomic mass is 19.4. The van der Waals surface area contributed by atoms with Gasteiger partial charge in [0, 0.05) is 12.5 Å². The first-order valence-electron chi connectivity index (χ1n) is 11.0. The Hall–Kier alpha value is -4.26. The Balaban J connectivity index is 0.000000604. The fourth-order valence-electron chi connectivity index (χ4n) is 3.11. The van der Waals surface area contributed by atoms with Crippen molar-refractivity contribution in [1.29, 1.82) is 0 Å². The van der Waals surface area contributed by atoms with Gasteiger partial charge in [0.25, 0.3) is 5.91 Å². The number of carboxylic acids is 1. The number of hydrogen-bond acceptors (Lipinski definition) is 7. The molecule has 1 aromatic heterocycles. The van der Waals surface area contributed by atoms with Crippen molar-refractivity contribution in [3.05, 3.63) is 72.3 Å². The number of hydrogen-bond donors (Lipinski definition) is 4. The van der Waals surface area contributed by atoms with Gasteiger partial charge in [-0.1, -0.05) is 54.6 Å². The molecule has 0 aliphatic heterocycles. The zero-order valence-electron chi connectivity index (χ0n) is 19.6. The number of aromatic nitrogens is 3. The van der Waals surface area contributed by atoms with E-state index in [2.05, 4.69) is 20.5 Å². The van der Waals surface area contributed by atoms with Crippen molar-refractivity contribution in [2.24, 2.45) is 0 Å². The summed E-state index contributed by atoms with van der Waals surface area (Å²) in [4.78, 5) is 36.9. The summed E-state index contributed by atoms with van der Waals surface area (Å²) in [6.07, 6.45) is -4.69. The predicted octanol–water partition coefficient (Wildman–Crippen LogP) is 2.76. The van der Waals surface area contributed by atoms with Crippen LogP contribution in [0.2, 0.25) is 0 Å². The van der Waals surface area contributed by atoms with Crippen LogP contribution in [0.3, 0.4) is 0 Å². The number of aliphatic carboxylic acids is 1. The smallest absolute Gasteiger partial charge is 0.475 e. The third kappa shape index (κ3) is 9.72. The Morgan fingerprint density at radius 2 is 1.65 bits per heavy atom. The number of alkyl halides is 3. The molecule has 10 nitrogen and oxygen atoms in total. The van der Waals surface area contributed by atoms with Crippen molar-refractivity contribution in [1.82, 2.24) is 20.5 Å². The van der Waals surface area contributed by atoms with E-state index >= 15 is 0 Å². The van der Waals surface area contributed by atoms with E-state index in [1.54, 1.807) is 6.92 Å². The van der Waals surface area contributed by atoms with Crippen LogP contribution in [0.4, 0.5) is 13.2 Å². The maximum Gasteiger partial charge on any atom is 0.490 e. The van der Waals surface area contributed by atoms with Crippen molar-refractivity contribution < 1.29 is 42.5 Å². The lowest BCUT2D eigenvalue weighted by Gasteiger charge is -2.21. The lowest BCUT2D eigenvalue weighted by atomic mass is 9.98. The lowest BCUT2D eigenvalue weighted by molar-refractivity contribution is -0.192. The fourth-order valence-corrected chi connectivity index (χ4v) is 3.11. The normalized spacial score (nSPS) is 12.5. The number of aliphatic hydroxyl groups is 1. The van der Waals surface area contributed by atoms with Gasteiger partial charge in [0.1, 0.15) is 6.33 Å². The molecular formula is C24H25F3N4O6. The molecule has 3 aromatic rings. The van der Waals surface area contributed by atoms with E-state index < -0.39 is 36.2 Å². The average Bonchev–Trinajstić information content (AvgIpc) is 3.40. The number of amides is 1. The summed E-state index contributed by atoms with van der Waals surface area (Å²) in [6, 6.07) is 17.4. The van der Waals surface area contributed by atoms with Gasteiger partial charge < -0.3 is 20.3 Å². The van der Waals surface area contributed by atoms with Crippen molar-refractivity contribution >= 4 is 17.8 Å². The zero-order valence-corrected chi connectivity index (χ0v) is 19.6.